The zero-order valence-corrected chi connectivity index (χ0v) is 18.3. The number of ketones is 2. The van der Waals surface area contributed by atoms with Gasteiger partial charge in [-0.05, 0) is 73.3 Å². The van der Waals surface area contributed by atoms with E-state index in [1.165, 1.54) is 6.92 Å². The fourth-order valence-electron chi connectivity index (χ4n) is 8.01. The van der Waals surface area contributed by atoms with Crippen molar-refractivity contribution in [1.82, 2.24) is 0 Å². The number of carbonyl (C=O) groups is 3. The van der Waals surface area contributed by atoms with Gasteiger partial charge in [0.15, 0.2) is 5.78 Å². The predicted octanol–water partition coefficient (Wildman–Crippen LogP) is 4.46. The summed E-state index contributed by atoms with van der Waals surface area (Å²) in [5.74, 6) is 1.26. The monoisotopic (exact) mass is 416 g/mol. The van der Waals surface area contributed by atoms with Crippen molar-refractivity contribution < 1.29 is 19.1 Å². The first-order valence-electron chi connectivity index (χ1n) is 10.9. The Labute approximate surface area is 177 Å². The summed E-state index contributed by atoms with van der Waals surface area (Å²) in [5, 5.41) is 0.715. The van der Waals surface area contributed by atoms with Gasteiger partial charge in [0.2, 0.25) is 0 Å². The Morgan fingerprint density at radius 3 is 2.52 bits per heavy atom. The SMILES string of the molecule is CC(=O)O[C@@H]1C[C@H]2[C@@H]3C=C(Cl)C4=CC(=O)[C@@H]5C[C@@H]5[C@]4(C)[C@H]3CC[C@]2(C)[C@H]1C(C)=O. The van der Waals surface area contributed by atoms with Crippen LogP contribution >= 0.6 is 11.6 Å². The summed E-state index contributed by atoms with van der Waals surface area (Å²) >= 11 is 6.79. The average Bonchev–Trinajstić information content (AvgIpc) is 3.36. The second-order valence-corrected chi connectivity index (χ2v) is 10.9. The van der Waals surface area contributed by atoms with Gasteiger partial charge in [0.25, 0.3) is 0 Å². The van der Waals surface area contributed by atoms with Gasteiger partial charge in [-0.25, -0.2) is 0 Å². The lowest BCUT2D eigenvalue weighted by Gasteiger charge is -2.56. The summed E-state index contributed by atoms with van der Waals surface area (Å²) in [7, 11) is 0. The maximum absolute atomic E-state index is 12.6. The Morgan fingerprint density at radius 1 is 1.14 bits per heavy atom. The van der Waals surface area contributed by atoms with Crippen LogP contribution in [0, 0.1) is 46.3 Å². The molecule has 29 heavy (non-hydrogen) atoms. The summed E-state index contributed by atoms with van der Waals surface area (Å²) in [6, 6.07) is 0. The lowest BCUT2D eigenvalue weighted by Crippen LogP contribution is -2.51. The maximum Gasteiger partial charge on any atom is 0.302 e. The highest BCUT2D eigenvalue weighted by molar-refractivity contribution is 6.32. The van der Waals surface area contributed by atoms with Crippen LogP contribution in [0.15, 0.2) is 22.8 Å². The van der Waals surface area contributed by atoms with Gasteiger partial charge in [-0.1, -0.05) is 31.5 Å². The number of esters is 1. The largest absolute Gasteiger partial charge is 0.462 e. The van der Waals surface area contributed by atoms with E-state index in [1.54, 1.807) is 6.92 Å². The van der Waals surface area contributed by atoms with Crippen LogP contribution in [0.5, 0.6) is 0 Å². The molecule has 0 radical (unpaired) electrons. The highest BCUT2D eigenvalue weighted by Crippen LogP contribution is 2.71. The molecule has 5 rings (SSSR count). The Morgan fingerprint density at radius 2 is 1.86 bits per heavy atom. The quantitative estimate of drug-likeness (QED) is 0.623. The van der Waals surface area contributed by atoms with E-state index >= 15 is 0 Å². The molecule has 9 atom stereocenters. The molecule has 0 bridgehead atoms. The number of fused-ring (bicyclic) bond motifs is 7. The zero-order valence-electron chi connectivity index (χ0n) is 17.5. The molecule has 0 saturated heterocycles. The van der Waals surface area contributed by atoms with Crippen molar-refractivity contribution >= 4 is 29.1 Å². The van der Waals surface area contributed by atoms with Crippen LogP contribution in [0.3, 0.4) is 0 Å². The number of hydrogen-bond acceptors (Lipinski definition) is 4. The zero-order chi connectivity index (χ0) is 20.9. The maximum atomic E-state index is 12.6. The van der Waals surface area contributed by atoms with E-state index in [4.69, 9.17) is 16.3 Å². The second kappa shape index (κ2) is 6.06. The van der Waals surface area contributed by atoms with Crippen molar-refractivity contribution in [3.05, 3.63) is 22.8 Å². The van der Waals surface area contributed by atoms with Crippen molar-refractivity contribution in [2.24, 2.45) is 46.3 Å². The topological polar surface area (TPSA) is 60.4 Å². The fraction of sp³-hybridized carbons (Fsp3) is 0.708. The van der Waals surface area contributed by atoms with Crippen LogP contribution in [-0.2, 0) is 19.1 Å². The van der Waals surface area contributed by atoms with Gasteiger partial charge in [0.05, 0.1) is 5.92 Å². The molecule has 5 aliphatic carbocycles. The van der Waals surface area contributed by atoms with E-state index in [1.807, 2.05) is 6.08 Å². The molecule has 0 aromatic heterocycles. The van der Waals surface area contributed by atoms with Gasteiger partial charge >= 0.3 is 5.97 Å². The van der Waals surface area contributed by atoms with Crippen LogP contribution in [-0.4, -0.2) is 23.6 Å². The Kier molecular flexibility index (Phi) is 4.08. The van der Waals surface area contributed by atoms with E-state index < -0.39 is 0 Å². The highest BCUT2D eigenvalue weighted by Gasteiger charge is 2.67. The van der Waals surface area contributed by atoms with Crippen LogP contribution in [0.2, 0.25) is 0 Å². The first kappa shape index (κ1) is 19.5. The van der Waals surface area contributed by atoms with Gasteiger partial charge in [0.1, 0.15) is 11.9 Å². The van der Waals surface area contributed by atoms with E-state index in [0.29, 0.717) is 23.3 Å². The summed E-state index contributed by atoms with van der Waals surface area (Å²) in [4.78, 5) is 36.7. The van der Waals surface area contributed by atoms with Gasteiger partial charge in [-0.3, -0.25) is 14.4 Å². The smallest absolute Gasteiger partial charge is 0.302 e. The molecule has 0 unspecified atom stereocenters. The van der Waals surface area contributed by atoms with Gasteiger partial charge < -0.3 is 4.74 Å². The van der Waals surface area contributed by atoms with Crippen molar-refractivity contribution in [1.29, 1.82) is 0 Å². The Bertz CT molecular complexity index is 887. The van der Waals surface area contributed by atoms with Gasteiger partial charge in [-0.15, -0.1) is 0 Å². The van der Waals surface area contributed by atoms with E-state index in [-0.39, 0.29) is 58.1 Å². The standard InChI is InChI=1S/C24H29ClO4/c1-11(26)22-21(29-12(2)27)10-16-13-8-19(25)18-9-20(28)14-7-17(14)24(18,4)15(13)5-6-23(16,22)3/h8-9,13-17,21-22H,5-7,10H2,1-4H3/t13-,14-,15+,16+,17+,21-,22+,23+,24+/m1/s1. The molecule has 5 aliphatic rings. The molecule has 0 heterocycles. The van der Waals surface area contributed by atoms with Crippen molar-refractivity contribution in [2.75, 3.05) is 0 Å². The molecule has 0 aliphatic heterocycles. The van der Waals surface area contributed by atoms with Crippen molar-refractivity contribution in [2.45, 2.75) is 59.5 Å². The van der Waals surface area contributed by atoms with Crippen LogP contribution in [0.1, 0.15) is 53.4 Å². The molecule has 0 amide bonds. The van der Waals surface area contributed by atoms with Crippen LogP contribution in [0.4, 0.5) is 0 Å². The molecular formula is C24H29ClO4. The fourth-order valence-corrected chi connectivity index (χ4v) is 8.42. The Balaban J connectivity index is 1.58. The molecule has 0 spiro atoms. The average molecular weight is 417 g/mol. The number of Topliss-reactive ketones (excluding diaryl/α,β-unsaturated/α-hetero) is 1. The normalized spacial score (nSPS) is 49.7. The van der Waals surface area contributed by atoms with Crippen molar-refractivity contribution in [3.63, 3.8) is 0 Å². The van der Waals surface area contributed by atoms with E-state index in [9.17, 15) is 14.4 Å². The molecule has 156 valence electrons. The molecule has 3 fully saturated rings. The molecular weight excluding hydrogens is 388 g/mol. The lowest BCUT2D eigenvalue weighted by atomic mass is 9.48. The number of carbonyl (C=O) groups excluding carboxylic acids is 3. The third kappa shape index (κ3) is 2.47. The lowest BCUT2D eigenvalue weighted by molar-refractivity contribution is -0.151. The first-order chi connectivity index (χ1) is 13.6. The third-order valence-corrected chi connectivity index (χ3v) is 9.58. The Hall–Kier alpha value is -1.42. The second-order valence-electron chi connectivity index (χ2n) is 10.5. The minimum atomic E-state index is -0.350. The summed E-state index contributed by atoms with van der Waals surface area (Å²) < 4.78 is 5.65. The number of allylic oxidation sites excluding steroid dienone is 4. The predicted molar refractivity (Wildman–Crippen MR) is 109 cm³/mol. The summed E-state index contributed by atoms with van der Waals surface area (Å²) in [5.41, 5.74) is 0.776. The molecule has 3 saturated carbocycles. The van der Waals surface area contributed by atoms with Crippen molar-refractivity contribution in [3.8, 4) is 0 Å². The number of ether oxygens (including phenoxy) is 1. The highest BCUT2D eigenvalue weighted by atomic mass is 35.5. The minimum absolute atomic E-state index is 0.0678. The minimum Gasteiger partial charge on any atom is -0.462 e. The molecule has 5 heteroatoms. The van der Waals surface area contributed by atoms with E-state index in [0.717, 1.165) is 24.8 Å². The molecule has 0 aromatic carbocycles. The third-order valence-electron chi connectivity index (χ3n) is 9.25. The van der Waals surface area contributed by atoms with Gasteiger partial charge in [0, 0.05) is 23.3 Å². The summed E-state index contributed by atoms with van der Waals surface area (Å²) in [6.07, 6.45) is 7.26. The van der Waals surface area contributed by atoms with Gasteiger partial charge in [-0.2, -0.15) is 0 Å². The number of rotatable bonds is 2. The van der Waals surface area contributed by atoms with Crippen LogP contribution < -0.4 is 0 Å². The van der Waals surface area contributed by atoms with E-state index in [2.05, 4.69) is 19.9 Å². The summed E-state index contributed by atoms with van der Waals surface area (Å²) in [6.45, 7) is 7.58. The van der Waals surface area contributed by atoms with Crippen LogP contribution in [0.25, 0.3) is 0 Å². The molecule has 0 aromatic rings. The molecule has 4 nitrogen and oxygen atoms in total. The molecule has 0 N–H and O–H groups in total. The first-order valence-corrected chi connectivity index (χ1v) is 11.3. The number of hydrogen-bond donors (Lipinski definition) is 0. The number of halogens is 1.